The number of benzene rings is 2. The lowest BCUT2D eigenvalue weighted by Crippen LogP contribution is -2.36. The summed E-state index contributed by atoms with van der Waals surface area (Å²) in [6, 6.07) is 9.54. The first-order valence-corrected chi connectivity index (χ1v) is 9.10. The molecule has 0 aliphatic rings. The lowest BCUT2D eigenvalue weighted by atomic mass is 10.1. The number of rotatable bonds is 4. The molecule has 0 radical (unpaired) electrons. The molecule has 1 unspecified atom stereocenters. The molecule has 0 bridgehead atoms. The maximum absolute atomic E-state index is 12.6. The van der Waals surface area contributed by atoms with Gasteiger partial charge in [0, 0.05) is 22.2 Å². The standard InChI is InChI=1S/C19H17Cl2N3O3/c1-3-24-16-7-4-11(8-15(16)23-18(26)19(24)27)17(25)22-10(2)13-6-5-12(20)9-14(13)21/h4-10H,3H2,1-2H3,(H,22,25)(H,23,26). The molecule has 27 heavy (non-hydrogen) atoms. The third-order valence-corrected chi connectivity index (χ3v) is 4.89. The van der Waals surface area contributed by atoms with Crippen LogP contribution in [0.25, 0.3) is 11.0 Å². The van der Waals surface area contributed by atoms with Gasteiger partial charge in [0.05, 0.1) is 17.1 Å². The van der Waals surface area contributed by atoms with E-state index >= 15 is 0 Å². The number of nitrogens with zero attached hydrogens (tertiary/aromatic N) is 1. The van der Waals surface area contributed by atoms with Gasteiger partial charge in [0.25, 0.3) is 5.91 Å². The SMILES string of the molecule is CCn1c(=O)c(=O)[nH]c2cc(C(=O)NC(C)c3ccc(Cl)cc3Cl)ccc21. The lowest BCUT2D eigenvalue weighted by molar-refractivity contribution is 0.0940. The van der Waals surface area contributed by atoms with Crippen LogP contribution in [0.3, 0.4) is 0 Å². The molecule has 0 spiro atoms. The van der Waals surface area contributed by atoms with Gasteiger partial charge >= 0.3 is 11.1 Å². The van der Waals surface area contributed by atoms with Gasteiger partial charge in [-0.15, -0.1) is 0 Å². The summed E-state index contributed by atoms with van der Waals surface area (Å²) in [7, 11) is 0. The van der Waals surface area contributed by atoms with Crippen molar-refractivity contribution in [3.63, 3.8) is 0 Å². The molecule has 0 saturated carbocycles. The molecule has 1 aromatic heterocycles. The highest BCUT2D eigenvalue weighted by Crippen LogP contribution is 2.26. The molecule has 0 aliphatic carbocycles. The number of aromatic nitrogens is 2. The Morgan fingerprint density at radius 2 is 1.93 bits per heavy atom. The van der Waals surface area contributed by atoms with E-state index in [0.717, 1.165) is 5.56 Å². The van der Waals surface area contributed by atoms with E-state index in [4.69, 9.17) is 23.2 Å². The van der Waals surface area contributed by atoms with Crippen molar-refractivity contribution in [2.24, 2.45) is 0 Å². The molecule has 3 rings (SSSR count). The molecular weight excluding hydrogens is 389 g/mol. The Labute approximate surface area is 164 Å². The fraction of sp³-hybridized carbons (Fsp3) is 0.211. The van der Waals surface area contributed by atoms with E-state index in [1.807, 2.05) is 6.92 Å². The van der Waals surface area contributed by atoms with Crippen LogP contribution in [0.2, 0.25) is 10.0 Å². The topological polar surface area (TPSA) is 84.0 Å². The van der Waals surface area contributed by atoms with Gasteiger partial charge in [-0.05, 0) is 49.7 Å². The maximum Gasteiger partial charge on any atom is 0.316 e. The van der Waals surface area contributed by atoms with Crippen molar-refractivity contribution in [3.05, 3.63) is 78.3 Å². The predicted molar refractivity (Wildman–Crippen MR) is 107 cm³/mol. The number of halogens is 2. The number of aromatic amines is 1. The van der Waals surface area contributed by atoms with Crippen molar-refractivity contribution in [3.8, 4) is 0 Å². The van der Waals surface area contributed by atoms with Crippen LogP contribution in [0, 0.1) is 0 Å². The number of amides is 1. The minimum atomic E-state index is -0.719. The van der Waals surface area contributed by atoms with Gasteiger partial charge in [-0.1, -0.05) is 29.3 Å². The second-order valence-corrected chi connectivity index (χ2v) is 6.94. The normalized spacial score (nSPS) is 12.1. The smallest absolute Gasteiger partial charge is 0.316 e. The molecule has 0 saturated heterocycles. The molecule has 2 aromatic carbocycles. The molecule has 6 nitrogen and oxygen atoms in total. The minimum Gasteiger partial charge on any atom is -0.345 e. The number of aryl methyl sites for hydroxylation is 1. The summed E-state index contributed by atoms with van der Waals surface area (Å²) in [5.74, 6) is -0.328. The Kier molecular flexibility index (Phi) is 5.39. The monoisotopic (exact) mass is 405 g/mol. The second kappa shape index (κ2) is 7.58. The van der Waals surface area contributed by atoms with Gasteiger partial charge < -0.3 is 14.9 Å². The highest BCUT2D eigenvalue weighted by molar-refractivity contribution is 6.35. The van der Waals surface area contributed by atoms with E-state index in [2.05, 4.69) is 10.3 Å². The number of fused-ring (bicyclic) bond motifs is 1. The van der Waals surface area contributed by atoms with Crippen molar-refractivity contribution < 1.29 is 4.79 Å². The van der Waals surface area contributed by atoms with Crippen molar-refractivity contribution in [2.45, 2.75) is 26.4 Å². The van der Waals surface area contributed by atoms with Gasteiger partial charge in [-0.2, -0.15) is 0 Å². The van der Waals surface area contributed by atoms with Crippen LogP contribution in [0.4, 0.5) is 0 Å². The summed E-state index contributed by atoms with van der Waals surface area (Å²) in [6.45, 7) is 3.94. The molecule has 140 valence electrons. The van der Waals surface area contributed by atoms with Gasteiger partial charge in [0.15, 0.2) is 0 Å². The first-order valence-electron chi connectivity index (χ1n) is 8.34. The summed E-state index contributed by atoms with van der Waals surface area (Å²) in [5.41, 5.74) is 0.745. The number of carbonyl (C=O) groups excluding carboxylic acids is 1. The highest BCUT2D eigenvalue weighted by Gasteiger charge is 2.15. The van der Waals surface area contributed by atoms with Crippen LogP contribution in [-0.4, -0.2) is 15.5 Å². The lowest BCUT2D eigenvalue weighted by Gasteiger charge is -2.16. The van der Waals surface area contributed by atoms with Crippen LogP contribution in [0.1, 0.15) is 35.8 Å². The number of carbonyl (C=O) groups is 1. The van der Waals surface area contributed by atoms with Gasteiger partial charge in [0.1, 0.15) is 0 Å². The predicted octanol–water partition coefficient (Wildman–Crippen LogP) is 3.51. The summed E-state index contributed by atoms with van der Waals surface area (Å²) < 4.78 is 1.37. The Morgan fingerprint density at radius 3 is 2.59 bits per heavy atom. The first-order chi connectivity index (χ1) is 12.8. The maximum atomic E-state index is 12.6. The minimum absolute atomic E-state index is 0.328. The van der Waals surface area contributed by atoms with E-state index in [0.29, 0.717) is 33.2 Å². The third-order valence-electron chi connectivity index (χ3n) is 4.33. The quantitative estimate of drug-likeness (QED) is 0.651. The largest absolute Gasteiger partial charge is 0.345 e. The Hall–Kier alpha value is -2.57. The van der Waals surface area contributed by atoms with E-state index in [-0.39, 0.29) is 11.9 Å². The molecule has 8 heteroatoms. The summed E-state index contributed by atoms with van der Waals surface area (Å²) >= 11 is 12.1. The second-order valence-electron chi connectivity index (χ2n) is 6.10. The number of nitrogens with one attached hydrogen (secondary N) is 2. The molecule has 3 aromatic rings. The first kappa shape index (κ1) is 19.2. The van der Waals surface area contributed by atoms with E-state index in [9.17, 15) is 14.4 Å². The zero-order chi connectivity index (χ0) is 19.7. The summed E-state index contributed by atoms with van der Waals surface area (Å²) in [6.07, 6.45) is 0. The number of hydrogen-bond donors (Lipinski definition) is 2. The molecule has 1 atom stereocenters. The molecule has 1 heterocycles. The van der Waals surface area contributed by atoms with Crippen molar-refractivity contribution in [1.29, 1.82) is 0 Å². The van der Waals surface area contributed by atoms with Crippen LogP contribution in [0.15, 0.2) is 46.0 Å². The zero-order valence-corrected chi connectivity index (χ0v) is 16.2. The number of H-pyrrole nitrogens is 1. The third kappa shape index (κ3) is 3.77. The summed E-state index contributed by atoms with van der Waals surface area (Å²) in [4.78, 5) is 38.9. The van der Waals surface area contributed by atoms with Crippen molar-refractivity contribution >= 4 is 40.1 Å². The van der Waals surface area contributed by atoms with E-state index in [1.54, 1.807) is 43.3 Å². The zero-order valence-electron chi connectivity index (χ0n) is 14.7. The van der Waals surface area contributed by atoms with E-state index in [1.165, 1.54) is 4.57 Å². The van der Waals surface area contributed by atoms with Crippen molar-refractivity contribution in [1.82, 2.24) is 14.9 Å². The molecular formula is C19H17Cl2N3O3. The van der Waals surface area contributed by atoms with Crippen LogP contribution >= 0.6 is 23.2 Å². The number of hydrogen-bond acceptors (Lipinski definition) is 3. The Balaban J connectivity index is 1.93. The molecule has 0 aliphatic heterocycles. The average Bonchev–Trinajstić information content (AvgIpc) is 2.62. The molecule has 0 fully saturated rings. The average molecular weight is 406 g/mol. The Morgan fingerprint density at radius 1 is 1.19 bits per heavy atom. The van der Waals surface area contributed by atoms with Gasteiger partial charge in [-0.3, -0.25) is 14.4 Å². The van der Waals surface area contributed by atoms with Crippen molar-refractivity contribution in [2.75, 3.05) is 0 Å². The van der Waals surface area contributed by atoms with Crippen LogP contribution in [0.5, 0.6) is 0 Å². The fourth-order valence-corrected chi connectivity index (χ4v) is 3.52. The fourth-order valence-electron chi connectivity index (χ4n) is 2.94. The van der Waals surface area contributed by atoms with E-state index < -0.39 is 11.1 Å². The molecule has 2 N–H and O–H groups in total. The highest BCUT2D eigenvalue weighted by atomic mass is 35.5. The van der Waals surface area contributed by atoms with Gasteiger partial charge in [-0.25, -0.2) is 0 Å². The van der Waals surface area contributed by atoms with Gasteiger partial charge in [0.2, 0.25) is 0 Å². The molecule has 1 amide bonds. The Bertz CT molecular complexity index is 1150. The van der Waals surface area contributed by atoms with Crippen LogP contribution in [-0.2, 0) is 6.54 Å². The van der Waals surface area contributed by atoms with Crippen LogP contribution < -0.4 is 16.4 Å². The summed E-state index contributed by atoms with van der Waals surface area (Å²) in [5, 5.41) is 3.84.